The van der Waals surface area contributed by atoms with E-state index in [1.807, 2.05) is 37.3 Å². The Morgan fingerprint density at radius 1 is 1.19 bits per heavy atom. The molecule has 1 aliphatic rings. The first-order valence-electron chi connectivity index (χ1n) is 7.91. The molecule has 2 unspecified atom stereocenters. The van der Waals surface area contributed by atoms with Gasteiger partial charge in [-0.2, -0.15) is 0 Å². The van der Waals surface area contributed by atoms with Crippen LogP contribution in [0.25, 0.3) is 5.57 Å². The third-order valence-electron chi connectivity index (χ3n) is 4.44. The molecule has 0 spiro atoms. The minimum atomic E-state index is -0.0768. The fourth-order valence-electron chi connectivity index (χ4n) is 2.97. The van der Waals surface area contributed by atoms with Crippen LogP contribution in [0.1, 0.15) is 63.5 Å². The topological polar surface area (TPSA) is 34.1 Å². The van der Waals surface area contributed by atoms with Gasteiger partial charge in [-0.1, -0.05) is 57.0 Å². The average Bonchev–Trinajstić information content (AvgIpc) is 2.86. The van der Waals surface area contributed by atoms with Gasteiger partial charge in [-0.15, -0.1) is 0 Å². The van der Waals surface area contributed by atoms with Crippen LogP contribution in [0.5, 0.6) is 0 Å². The van der Waals surface area contributed by atoms with E-state index in [9.17, 15) is 9.59 Å². The predicted molar refractivity (Wildman–Crippen MR) is 86.2 cm³/mol. The highest BCUT2D eigenvalue weighted by atomic mass is 16.1. The van der Waals surface area contributed by atoms with Gasteiger partial charge >= 0.3 is 0 Å². The molecule has 0 saturated heterocycles. The van der Waals surface area contributed by atoms with Crippen LogP contribution in [-0.2, 0) is 9.59 Å². The van der Waals surface area contributed by atoms with Crippen LogP contribution < -0.4 is 0 Å². The van der Waals surface area contributed by atoms with Gasteiger partial charge in [-0.25, -0.2) is 0 Å². The Balaban J connectivity index is 2.27. The predicted octanol–water partition coefficient (Wildman–Crippen LogP) is 4.54. The van der Waals surface area contributed by atoms with Gasteiger partial charge in [0.05, 0.1) is 0 Å². The van der Waals surface area contributed by atoms with Crippen molar-refractivity contribution < 1.29 is 9.59 Å². The molecule has 2 heteroatoms. The highest BCUT2D eigenvalue weighted by molar-refractivity contribution is 6.22. The number of Topliss-reactive ketones (excluding diaryl/α,β-unsaturated/α-hetero) is 2. The lowest BCUT2D eigenvalue weighted by Crippen LogP contribution is -2.14. The Bertz CT molecular complexity index is 569. The van der Waals surface area contributed by atoms with Crippen LogP contribution >= 0.6 is 0 Å². The van der Waals surface area contributed by atoms with E-state index in [4.69, 9.17) is 0 Å². The Hall–Kier alpha value is -1.70. The first-order chi connectivity index (χ1) is 10.1. The Labute approximate surface area is 127 Å². The summed E-state index contributed by atoms with van der Waals surface area (Å²) in [6.45, 7) is 5.71. The van der Waals surface area contributed by atoms with Crippen molar-refractivity contribution in [2.75, 3.05) is 0 Å². The Kier molecular flexibility index (Phi) is 5.11. The van der Waals surface area contributed by atoms with Gasteiger partial charge in [0.1, 0.15) is 5.78 Å². The summed E-state index contributed by atoms with van der Waals surface area (Å²) in [5, 5.41) is 0. The molecule has 2 atom stereocenters. The molecule has 112 valence electrons. The first kappa shape index (κ1) is 15.7. The van der Waals surface area contributed by atoms with Crippen LogP contribution in [0.2, 0.25) is 0 Å². The van der Waals surface area contributed by atoms with Gasteiger partial charge in [0, 0.05) is 23.8 Å². The van der Waals surface area contributed by atoms with E-state index in [1.54, 1.807) is 6.92 Å². The van der Waals surface area contributed by atoms with E-state index in [1.165, 1.54) is 0 Å². The minimum Gasteiger partial charge on any atom is -0.300 e. The fraction of sp³-hybridized carbons (Fsp3) is 0.474. The molecule has 0 radical (unpaired) electrons. The summed E-state index contributed by atoms with van der Waals surface area (Å²) in [4.78, 5) is 24.2. The molecule has 1 aromatic carbocycles. The van der Waals surface area contributed by atoms with Crippen molar-refractivity contribution >= 4 is 17.1 Å². The van der Waals surface area contributed by atoms with Crippen molar-refractivity contribution in [2.24, 2.45) is 5.92 Å². The van der Waals surface area contributed by atoms with Gasteiger partial charge in [0.2, 0.25) is 0 Å². The number of unbranched alkanes of at least 4 members (excludes halogenated alkanes) is 2. The van der Waals surface area contributed by atoms with E-state index in [2.05, 4.69) is 6.92 Å². The third kappa shape index (κ3) is 3.31. The van der Waals surface area contributed by atoms with Crippen molar-refractivity contribution in [1.29, 1.82) is 0 Å². The number of benzene rings is 1. The van der Waals surface area contributed by atoms with Gasteiger partial charge in [-0.3, -0.25) is 9.59 Å². The summed E-state index contributed by atoms with van der Waals surface area (Å²) in [6.07, 6.45) is 5.78. The van der Waals surface area contributed by atoms with Crippen LogP contribution in [0.3, 0.4) is 0 Å². The number of hydrogen-bond donors (Lipinski definition) is 0. The molecule has 0 amide bonds. The second-order valence-electron chi connectivity index (χ2n) is 5.97. The summed E-state index contributed by atoms with van der Waals surface area (Å²) in [7, 11) is 0. The highest BCUT2D eigenvalue weighted by Crippen LogP contribution is 2.41. The van der Waals surface area contributed by atoms with E-state index < -0.39 is 0 Å². The van der Waals surface area contributed by atoms with E-state index in [0.29, 0.717) is 6.42 Å². The molecule has 0 aromatic heterocycles. The maximum Gasteiger partial charge on any atom is 0.163 e. The lowest BCUT2D eigenvalue weighted by molar-refractivity contribution is -0.120. The Morgan fingerprint density at radius 3 is 2.57 bits per heavy atom. The van der Waals surface area contributed by atoms with E-state index in [0.717, 1.165) is 36.0 Å². The number of fused-ring (bicyclic) bond motifs is 1. The number of hydrogen-bond acceptors (Lipinski definition) is 2. The largest absolute Gasteiger partial charge is 0.300 e. The lowest BCUT2D eigenvalue weighted by atomic mass is 9.87. The maximum absolute atomic E-state index is 12.5. The van der Waals surface area contributed by atoms with Crippen molar-refractivity contribution in [1.82, 2.24) is 0 Å². The number of rotatable bonds is 7. The molecule has 0 aliphatic heterocycles. The molecule has 2 nitrogen and oxygen atoms in total. The number of carbonyl (C=O) groups excluding carboxylic acids is 2. The van der Waals surface area contributed by atoms with E-state index >= 15 is 0 Å². The van der Waals surface area contributed by atoms with Gasteiger partial charge in [0.15, 0.2) is 5.78 Å². The second-order valence-corrected chi connectivity index (χ2v) is 5.97. The zero-order chi connectivity index (χ0) is 15.4. The monoisotopic (exact) mass is 284 g/mol. The van der Waals surface area contributed by atoms with Crippen LogP contribution in [-0.4, -0.2) is 11.6 Å². The first-order valence-corrected chi connectivity index (χ1v) is 7.91. The maximum atomic E-state index is 12.5. The quantitative estimate of drug-likeness (QED) is 0.689. The molecule has 0 fully saturated rings. The molecule has 2 rings (SSSR count). The molecule has 1 aliphatic carbocycles. The minimum absolute atomic E-state index is 0.0452. The smallest absolute Gasteiger partial charge is 0.163 e. The average molecular weight is 284 g/mol. The van der Waals surface area contributed by atoms with Crippen molar-refractivity contribution in [3.05, 3.63) is 41.5 Å². The highest BCUT2D eigenvalue weighted by Gasteiger charge is 2.31. The summed E-state index contributed by atoms with van der Waals surface area (Å²) in [5.41, 5.74) is 2.97. The summed E-state index contributed by atoms with van der Waals surface area (Å²) in [6, 6.07) is 8.00. The second kappa shape index (κ2) is 6.84. The zero-order valence-corrected chi connectivity index (χ0v) is 13.2. The molecule has 0 saturated carbocycles. The zero-order valence-electron chi connectivity index (χ0n) is 13.2. The molecular formula is C19H24O2. The molecule has 21 heavy (non-hydrogen) atoms. The molecular weight excluding hydrogens is 260 g/mol. The summed E-state index contributed by atoms with van der Waals surface area (Å²) >= 11 is 0. The van der Waals surface area contributed by atoms with Crippen LogP contribution in [0, 0.1) is 5.92 Å². The van der Waals surface area contributed by atoms with Gasteiger partial charge in [0.25, 0.3) is 0 Å². The van der Waals surface area contributed by atoms with E-state index in [-0.39, 0.29) is 23.4 Å². The van der Waals surface area contributed by atoms with Crippen LogP contribution in [0.15, 0.2) is 30.3 Å². The summed E-state index contributed by atoms with van der Waals surface area (Å²) in [5.74, 6) is 0.357. The lowest BCUT2D eigenvalue weighted by Gasteiger charge is -2.16. The number of ketones is 2. The molecule has 0 heterocycles. The van der Waals surface area contributed by atoms with Crippen molar-refractivity contribution in [3.8, 4) is 0 Å². The molecule has 0 N–H and O–H groups in total. The van der Waals surface area contributed by atoms with Crippen molar-refractivity contribution in [3.63, 3.8) is 0 Å². The van der Waals surface area contributed by atoms with Gasteiger partial charge < -0.3 is 0 Å². The molecule has 1 aromatic rings. The third-order valence-corrected chi connectivity index (χ3v) is 4.44. The standard InChI is InChI=1S/C19H24O2/c1-4-5-6-11-19(21)18-12-17(13(2)14(3)20)15-9-7-8-10-16(15)18/h7-10,12-13,17H,4-6,11H2,1-3H3. The van der Waals surface area contributed by atoms with Gasteiger partial charge in [-0.05, 0) is 24.5 Å². The Morgan fingerprint density at radius 2 is 1.90 bits per heavy atom. The fourth-order valence-corrected chi connectivity index (χ4v) is 2.97. The van der Waals surface area contributed by atoms with Crippen molar-refractivity contribution in [2.45, 2.75) is 52.4 Å². The normalized spacial score (nSPS) is 18.0. The molecule has 0 bridgehead atoms. The number of carbonyl (C=O) groups is 2. The number of allylic oxidation sites excluding steroid dienone is 2. The van der Waals surface area contributed by atoms with Crippen LogP contribution in [0.4, 0.5) is 0 Å². The SMILES string of the molecule is CCCCCC(=O)C1=CC(C(C)C(C)=O)c2ccccc21. The summed E-state index contributed by atoms with van der Waals surface area (Å²) < 4.78 is 0.